The number of amides is 8. The van der Waals surface area contributed by atoms with Gasteiger partial charge in [0.15, 0.2) is 5.96 Å². The number of rotatable bonds is 25. The predicted molar refractivity (Wildman–Crippen MR) is 213 cm³/mol. The molecule has 1 aromatic heterocycles. The van der Waals surface area contributed by atoms with E-state index in [9.17, 15) is 63.3 Å². The summed E-state index contributed by atoms with van der Waals surface area (Å²) < 4.78 is 0. The maximum atomic E-state index is 13.5. The van der Waals surface area contributed by atoms with Gasteiger partial charge in [0.05, 0.1) is 31.3 Å². The number of hydrogen-bond acceptors (Lipinski definition) is 14. The molecule has 0 bridgehead atoms. The molecule has 0 aliphatic carbocycles. The maximum Gasteiger partial charge on any atom is 0.326 e. The van der Waals surface area contributed by atoms with Crippen LogP contribution in [0.5, 0.6) is 0 Å². The van der Waals surface area contributed by atoms with Gasteiger partial charge in [-0.25, -0.2) is 9.78 Å². The van der Waals surface area contributed by atoms with E-state index in [1.54, 1.807) is 0 Å². The molecule has 1 saturated heterocycles. The normalized spacial score (nSPS) is 17.2. The highest BCUT2D eigenvalue weighted by Gasteiger charge is 2.39. The molecular formula is C35H56N14O13. The molecule has 0 unspecified atom stereocenters. The van der Waals surface area contributed by atoms with Crippen LogP contribution in [0.4, 0.5) is 0 Å². The van der Waals surface area contributed by atoms with Gasteiger partial charge in [-0.1, -0.05) is 0 Å². The lowest BCUT2D eigenvalue weighted by atomic mass is 10.1. The Morgan fingerprint density at radius 2 is 1.37 bits per heavy atom. The van der Waals surface area contributed by atoms with E-state index in [2.05, 4.69) is 46.9 Å². The van der Waals surface area contributed by atoms with Crippen LogP contribution >= 0.6 is 0 Å². The third kappa shape index (κ3) is 16.6. The molecule has 0 spiro atoms. The van der Waals surface area contributed by atoms with Gasteiger partial charge < -0.3 is 80.0 Å². The van der Waals surface area contributed by atoms with Crippen molar-refractivity contribution in [2.24, 2.45) is 27.9 Å². The molecule has 27 nitrogen and oxygen atoms in total. The second-order valence-corrected chi connectivity index (χ2v) is 14.5. The summed E-state index contributed by atoms with van der Waals surface area (Å²) in [6, 6.07) is -11.9. The highest BCUT2D eigenvalue weighted by Crippen LogP contribution is 2.19. The molecule has 0 saturated carbocycles. The molecule has 8 amide bonds. The number of aliphatic hydroxyl groups is 1. The second-order valence-electron chi connectivity index (χ2n) is 14.5. The molecule has 9 atom stereocenters. The Labute approximate surface area is 354 Å². The zero-order valence-corrected chi connectivity index (χ0v) is 34.3. The Morgan fingerprint density at radius 3 is 1.92 bits per heavy atom. The fraction of sp³-hybridized carbons (Fsp3) is 0.600. The molecule has 2 heterocycles. The van der Waals surface area contributed by atoms with Gasteiger partial charge in [0, 0.05) is 31.4 Å². The molecule has 2 rings (SSSR count). The van der Waals surface area contributed by atoms with E-state index >= 15 is 0 Å². The Hall–Kier alpha value is -6.90. The number of nitrogens with zero attached hydrogens (tertiary/aromatic N) is 3. The number of carbonyl (C=O) groups excluding carboxylic acids is 8. The molecule has 1 aliphatic heterocycles. The summed E-state index contributed by atoms with van der Waals surface area (Å²) in [6.07, 6.45) is 0.111. The number of carboxylic acid groups (broad SMARTS) is 2. The molecule has 344 valence electrons. The number of nitrogens with two attached hydrogens (primary N) is 4. The molecule has 0 aromatic carbocycles. The molecule has 1 aliphatic rings. The lowest BCUT2D eigenvalue weighted by Crippen LogP contribution is -2.61. The van der Waals surface area contributed by atoms with Crippen LogP contribution < -0.4 is 54.8 Å². The number of aromatic nitrogens is 2. The van der Waals surface area contributed by atoms with Crippen LogP contribution in [-0.2, 0) is 54.4 Å². The van der Waals surface area contributed by atoms with Crippen molar-refractivity contribution in [3.05, 3.63) is 18.2 Å². The third-order valence-corrected chi connectivity index (χ3v) is 9.34. The zero-order valence-electron chi connectivity index (χ0n) is 34.3. The van der Waals surface area contributed by atoms with Gasteiger partial charge >= 0.3 is 11.9 Å². The predicted octanol–water partition coefficient (Wildman–Crippen LogP) is -6.91. The summed E-state index contributed by atoms with van der Waals surface area (Å²) in [6.45, 7) is 3.74. The van der Waals surface area contributed by atoms with Gasteiger partial charge in [-0.15, -0.1) is 0 Å². The number of aliphatic hydroxyl groups excluding tert-OH is 1. The van der Waals surface area contributed by atoms with Crippen molar-refractivity contribution in [1.82, 2.24) is 46.8 Å². The van der Waals surface area contributed by atoms with Crippen molar-refractivity contribution in [3.63, 3.8) is 0 Å². The number of guanidine groups is 1. The van der Waals surface area contributed by atoms with Crippen LogP contribution in [0.25, 0.3) is 0 Å². The molecular weight excluding hydrogens is 824 g/mol. The van der Waals surface area contributed by atoms with E-state index in [-0.39, 0.29) is 38.3 Å². The number of nitrogens with one attached hydrogen (secondary N) is 7. The second kappa shape index (κ2) is 24.4. The first-order valence-corrected chi connectivity index (χ1v) is 19.3. The summed E-state index contributed by atoms with van der Waals surface area (Å²) in [5.41, 5.74) is 22.0. The number of hydrogen-bond donors (Lipinski definition) is 14. The smallest absolute Gasteiger partial charge is 0.326 e. The monoisotopic (exact) mass is 880 g/mol. The maximum absolute atomic E-state index is 13.5. The minimum absolute atomic E-state index is 0.0841. The molecule has 1 fully saturated rings. The topological polar surface area (TPSA) is 452 Å². The van der Waals surface area contributed by atoms with Gasteiger partial charge in [-0.2, -0.15) is 0 Å². The van der Waals surface area contributed by atoms with E-state index in [1.807, 2.05) is 0 Å². The number of aliphatic imine (C=N–C) groups is 1. The zero-order chi connectivity index (χ0) is 46.8. The van der Waals surface area contributed by atoms with Crippen molar-refractivity contribution in [2.45, 2.75) is 120 Å². The summed E-state index contributed by atoms with van der Waals surface area (Å²) in [7, 11) is 0. The van der Waals surface area contributed by atoms with Gasteiger partial charge in [-0.3, -0.25) is 48.1 Å². The first-order valence-electron chi connectivity index (χ1n) is 19.3. The van der Waals surface area contributed by atoms with E-state index in [4.69, 9.17) is 22.9 Å². The first kappa shape index (κ1) is 51.2. The van der Waals surface area contributed by atoms with Gasteiger partial charge in [-0.05, 0) is 46.5 Å². The first-order chi connectivity index (χ1) is 29.0. The molecule has 0 radical (unpaired) electrons. The number of carbonyl (C=O) groups is 10. The number of primary amides is 1. The average Bonchev–Trinajstić information content (AvgIpc) is 3.89. The molecule has 62 heavy (non-hydrogen) atoms. The minimum Gasteiger partial charge on any atom is -0.481 e. The standard InChI is InChI=1S/C35H56N14O13/c1-15(44-30(57)20(11-24(37)51)46-32(59)26(17(3)50)48-29(56)19(36)6-4-8-41-35(38)39)27(54)43-16(2)28(55)45-21(12-25(52)53)31(58)47-22(10-18-13-40-14-42-18)33(60)49-9-5-7-23(49)34(61)62/h13-17,19-23,26,50H,4-12,36H2,1-3H3,(H2,37,51)(H,40,42)(H,43,54)(H,44,57)(H,45,55)(H,46,59)(H,47,58)(H,48,56)(H,52,53)(H,61,62)(H4,38,39,41)/t15-,16-,17+,19-,20-,21-,22-,23-,26-/m0/s1. The van der Waals surface area contributed by atoms with Gasteiger partial charge in [0.1, 0.15) is 42.3 Å². The lowest BCUT2D eigenvalue weighted by Gasteiger charge is -2.28. The fourth-order valence-corrected chi connectivity index (χ4v) is 6.03. The summed E-state index contributed by atoms with van der Waals surface area (Å²) in [5, 5.41) is 43.0. The van der Waals surface area contributed by atoms with Crippen LogP contribution in [0.3, 0.4) is 0 Å². The average molecular weight is 881 g/mol. The van der Waals surface area contributed by atoms with Crippen molar-refractivity contribution in [1.29, 1.82) is 0 Å². The lowest BCUT2D eigenvalue weighted by molar-refractivity contribution is -0.149. The minimum atomic E-state index is -1.80. The molecule has 1 aromatic rings. The van der Waals surface area contributed by atoms with Crippen molar-refractivity contribution in [3.8, 4) is 0 Å². The van der Waals surface area contributed by atoms with Crippen LogP contribution in [0.1, 0.15) is 65.0 Å². The quantitative estimate of drug-likeness (QED) is 0.0246. The number of imidazole rings is 1. The largest absolute Gasteiger partial charge is 0.481 e. The van der Waals surface area contributed by atoms with Crippen LogP contribution in [0.15, 0.2) is 17.5 Å². The Kier molecular flexibility index (Phi) is 20.1. The molecule has 18 N–H and O–H groups in total. The number of aliphatic carboxylic acids is 2. The number of H-pyrrole nitrogens is 1. The van der Waals surface area contributed by atoms with E-state index < -0.39 is 126 Å². The molecule has 27 heteroatoms. The summed E-state index contributed by atoms with van der Waals surface area (Å²) >= 11 is 0. The van der Waals surface area contributed by atoms with E-state index in [0.29, 0.717) is 18.5 Å². The number of likely N-dealkylation sites (tertiary alicyclic amines) is 1. The third-order valence-electron chi connectivity index (χ3n) is 9.34. The fourth-order valence-electron chi connectivity index (χ4n) is 6.03. The van der Waals surface area contributed by atoms with Gasteiger partial charge in [0.2, 0.25) is 47.3 Å². The van der Waals surface area contributed by atoms with Crippen molar-refractivity contribution >= 4 is 65.2 Å². The van der Waals surface area contributed by atoms with E-state index in [0.717, 1.165) is 18.7 Å². The Morgan fingerprint density at radius 1 is 0.806 bits per heavy atom. The Balaban J connectivity index is 2.10. The number of carboxylic acids is 2. The highest BCUT2D eigenvalue weighted by molar-refractivity contribution is 5.99. The SMILES string of the molecule is C[C@H](NC(=O)[C@H](C)NC(=O)[C@H](CC(N)=O)NC(=O)[C@@H](NC(=O)[C@@H](N)CCCN=C(N)N)[C@@H](C)O)C(=O)N[C@@H](CC(=O)O)C(=O)N[C@@H](Cc1cnc[nH]1)C(=O)N1CCC[C@H]1C(=O)O. The van der Waals surface area contributed by atoms with Crippen molar-refractivity contribution in [2.75, 3.05) is 13.1 Å². The summed E-state index contributed by atoms with van der Waals surface area (Å²) in [5.74, 6) is -11.1. The van der Waals surface area contributed by atoms with Crippen LogP contribution in [0.2, 0.25) is 0 Å². The van der Waals surface area contributed by atoms with Crippen molar-refractivity contribution < 1.29 is 63.3 Å². The number of aromatic amines is 1. The van der Waals surface area contributed by atoms with Crippen LogP contribution in [0, 0.1) is 0 Å². The Bertz CT molecular complexity index is 1820. The summed E-state index contributed by atoms with van der Waals surface area (Å²) in [4.78, 5) is 139. The van der Waals surface area contributed by atoms with Crippen LogP contribution in [-0.4, -0.2) is 163 Å². The van der Waals surface area contributed by atoms with E-state index in [1.165, 1.54) is 19.4 Å². The van der Waals surface area contributed by atoms with Gasteiger partial charge in [0.25, 0.3) is 0 Å². The highest BCUT2D eigenvalue weighted by atomic mass is 16.4.